The maximum Gasteiger partial charge on any atom is 0.372 e. The fraction of sp³-hybridized carbons (Fsp3) is 0.562. The molecule has 1 fully saturated rings. The van der Waals surface area contributed by atoms with Gasteiger partial charge in [0.2, 0.25) is 11.5 Å². The van der Waals surface area contributed by atoms with E-state index in [0.717, 1.165) is 13.1 Å². The lowest BCUT2D eigenvalue weighted by Gasteiger charge is -2.41. The molecule has 1 saturated heterocycles. The minimum Gasteiger partial charge on any atom is -0.361 e. The molecule has 0 radical (unpaired) electrons. The minimum atomic E-state index is -0.379. The molecule has 0 atom stereocenters. The van der Waals surface area contributed by atoms with Gasteiger partial charge in [0.1, 0.15) is 0 Å². The Balaban J connectivity index is 1.81. The van der Waals surface area contributed by atoms with E-state index >= 15 is 0 Å². The van der Waals surface area contributed by atoms with Crippen LogP contribution < -0.4 is 5.32 Å². The Morgan fingerprint density at radius 1 is 1.30 bits per heavy atom. The highest BCUT2D eigenvalue weighted by molar-refractivity contribution is 5.62. The lowest BCUT2D eigenvalue weighted by atomic mass is 9.98. The lowest BCUT2D eigenvalue weighted by Crippen LogP contribution is -2.50. The van der Waals surface area contributed by atoms with Crippen molar-refractivity contribution in [3.8, 4) is 0 Å². The number of imidazole rings is 1. The molecule has 7 nitrogen and oxygen atoms in total. The van der Waals surface area contributed by atoms with Crippen molar-refractivity contribution >= 4 is 17.3 Å². The normalized spacial score (nSPS) is 16.6. The van der Waals surface area contributed by atoms with Gasteiger partial charge in [-0.25, -0.2) is 0 Å². The molecule has 0 spiro atoms. The van der Waals surface area contributed by atoms with Crippen molar-refractivity contribution in [2.24, 2.45) is 0 Å². The predicted molar refractivity (Wildman–Crippen MR) is 89.8 cm³/mol. The van der Waals surface area contributed by atoms with Gasteiger partial charge in [0.15, 0.2) is 0 Å². The van der Waals surface area contributed by atoms with E-state index in [1.807, 2.05) is 6.07 Å². The van der Waals surface area contributed by atoms with Crippen LogP contribution in [0.15, 0.2) is 24.4 Å². The zero-order valence-corrected chi connectivity index (χ0v) is 13.7. The molecule has 23 heavy (non-hydrogen) atoms. The van der Waals surface area contributed by atoms with Crippen LogP contribution >= 0.6 is 0 Å². The summed E-state index contributed by atoms with van der Waals surface area (Å²) in [4.78, 5) is 17.9. The van der Waals surface area contributed by atoms with Crippen molar-refractivity contribution in [3.63, 3.8) is 0 Å². The molecule has 0 aliphatic carbocycles. The smallest absolute Gasteiger partial charge is 0.361 e. The molecule has 1 aliphatic heterocycles. The second-order valence-electron chi connectivity index (χ2n) is 6.68. The largest absolute Gasteiger partial charge is 0.372 e. The number of pyridine rings is 1. The molecule has 0 amide bonds. The van der Waals surface area contributed by atoms with E-state index in [-0.39, 0.29) is 16.3 Å². The standard InChI is InChI=1S/C16H23N5O2/c1-16(2,19-9-5-3-6-10-19)12-17-14-15(21(22)23)20-11-7-4-8-13(20)18-14/h4,7-8,11,17H,3,5-6,9-10,12H2,1-2H3. The van der Waals surface area contributed by atoms with Crippen LogP contribution in [0.25, 0.3) is 5.65 Å². The second-order valence-corrected chi connectivity index (χ2v) is 6.68. The summed E-state index contributed by atoms with van der Waals surface area (Å²) in [6.45, 7) is 7.14. The number of piperidine rings is 1. The summed E-state index contributed by atoms with van der Waals surface area (Å²) in [6.07, 6.45) is 5.40. The second kappa shape index (κ2) is 6.16. The number of anilines is 1. The molecular weight excluding hydrogens is 294 g/mol. The lowest BCUT2D eigenvalue weighted by molar-refractivity contribution is -0.389. The van der Waals surface area contributed by atoms with Crippen LogP contribution in [0.4, 0.5) is 11.6 Å². The number of nitrogens with one attached hydrogen (secondary N) is 1. The van der Waals surface area contributed by atoms with E-state index in [1.165, 1.54) is 23.7 Å². The van der Waals surface area contributed by atoms with Gasteiger partial charge in [0, 0.05) is 18.2 Å². The summed E-state index contributed by atoms with van der Waals surface area (Å²) in [5, 5.41) is 14.6. The number of hydrogen-bond donors (Lipinski definition) is 1. The SMILES string of the molecule is CC(C)(CNc1nc2ccccn2c1[N+](=O)[O-])N1CCCCC1. The van der Waals surface area contributed by atoms with Gasteiger partial charge >= 0.3 is 5.82 Å². The third-order valence-corrected chi connectivity index (χ3v) is 4.58. The maximum absolute atomic E-state index is 11.4. The summed E-state index contributed by atoms with van der Waals surface area (Å²) in [5.74, 6) is 0.335. The van der Waals surface area contributed by atoms with Crippen molar-refractivity contribution in [2.45, 2.75) is 38.6 Å². The first-order valence-electron chi connectivity index (χ1n) is 8.09. The highest BCUT2D eigenvalue weighted by Gasteiger charge is 2.30. The number of fused-ring (bicyclic) bond motifs is 1. The van der Waals surface area contributed by atoms with Gasteiger partial charge in [-0.2, -0.15) is 9.38 Å². The Bertz CT molecular complexity index is 704. The van der Waals surface area contributed by atoms with Crippen molar-refractivity contribution in [1.82, 2.24) is 14.3 Å². The summed E-state index contributed by atoms with van der Waals surface area (Å²) in [5.41, 5.74) is 0.516. The molecule has 0 saturated carbocycles. The molecule has 0 bridgehead atoms. The van der Waals surface area contributed by atoms with Crippen LogP contribution in [0.3, 0.4) is 0 Å². The molecule has 124 valence electrons. The molecule has 2 aromatic heterocycles. The van der Waals surface area contributed by atoms with Crippen LogP contribution in [-0.2, 0) is 0 Å². The van der Waals surface area contributed by atoms with Crippen molar-refractivity contribution in [2.75, 3.05) is 25.0 Å². The Labute approximate surface area is 135 Å². The van der Waals surface area contributed by atoms with Gasteiger partial charge in [-0.1, -0.05) is 12.5 Å². The zero-order valence-electron chi connectivity index (χ0n) is 13.7. The third-order valence-electron chi connectivity index (χ3n) is 4.58. The molecule has 7 heteroatoms. The number of hydrogen-bond acceptors (Lipinski definition) is 5. The molecule has 1 aliphatic rings. The Morgan fingerprint density at radius 2 is 2.04 bits per heavy atom. The first-order valence-corrected chi connectivity index (χ1v) is 8.09. The van der Waals surface area contributed by atoms with Crippen LogP contribution in [0.2, 0.25) is 0 Å². The van der Waals surface area contributed by atoms with Crippen LogP contribution in [0, 0.1) is 10.1 Å². The first kappa shape index (κ1) is 15.7. The van der Waals surface area contributed by atoms with Gasteiger partial charge in [-0.3, -0.25) is 4.90 Å². The van der Waals surface area contributed by atoms with Crippen LogP contribution in [-0.4, -0.2) is 44.4 Å². The van der Waals surface area contributed by atoms with E-state index in [9.17, 15) is 10.1 Å². The number of nitrogens with zero attached hydrogens (tertiary/aromatic N) is 4. The van der Waals surface area contributed by atoms with Gasteiger partial charge in [0.05, 0.1) is 6.20 Å². The van der Waals surface area contributed by atoms with Gasteiger partial charge in [-0.15, -0.1) is 0 Å². The van der Waals surface area contributed by atoms with Gasteiger partial charge in [0.25, 0.3) is 0 Å². The monoisotopic (exact) mass is 317 g/mol. The number of aromatic nitrogens is 2. The number of rotatable bonds is 5. The number of nitro groups is 1. The molecule has 0 unspecified atom stereocenters. The van der Waals surface area contributed by atoms with Crippen LogP contribution in [0.1, 0.15) is 33.1 Å². The topological polar surface area (TPSA) is 75.7 Å². The van der Waals surface area contributed by atoms with Crippen molar-refractivity contribution in [3.05, 3.63) is 34.5 Å². The Kier molecular flexibility index (Phi) is 4.21. The molecule has 1 N–H and O–H groups in total. The maximum atomic E-state index is 11.4. The average Bonchev–Trinajstić information content (AvgIpc) is 2.92. The molecule has 3 heterocycles. The van der Waals surface area contributed by atoms with Gasteiger partial charge in [-0.05, 0) is 50.8 Å². The third kappa shape index (κ3) is 3.14. The molecular formula is C16H23N5O2. The highest BCUT2D eigenvalue weighted by atomic mass is 16.6. The minimum absolute atomic E-state index is 0.00459. The van der Waals surface area contributed by atoms with E-state index in [0.29, 0.717) is 18.0 Å². The van der Waals surface area contributed by atoms with E-state index in [1.54, 1.807) is 18.3 Å². The van der Waals surface area contributed by atoms with Crippen molar-refractivity contribution in [1.29, 1.82) is 0 Å². The summed E-state index contributed by atoms with van der Waals surface area (Å²) >= 11 is 0. The highest BCUT2D eigenvalue weighted by Crippen LogP contribution is 2.27. The van der Waals surface area contributed by atoms with Crippen LogP contribution in [0.5, 0.6) is 0 Å². The Hall–Kier alpha value is -2.15. The molecule has 3 rings (SSSR count). The number of likely N-dealkylation sites (tertiary alicyclic amines) is 1. The first-order chi connectivity index (χ1) is 11.0. The summed E-state index contributed by atoms with van der Waals surface area (Å²) in [6, 6.07) is 5.37. The summed E-state index contributed by atoms with van der Waals surface area (Å²) < 4.78 is 1.51. The van der Waals surface area contributed by atoms with E-state index < -0.39 is 0 Å². The fourth-order valence-electron chi connectivity index (χ4n) is 3.19. The zero-order chi connectivity index (χ0) is 16.4. The molecule has 0 aromatic carbocycles. The van der Waals surface area contributed by atoms with E-state index in [2.05, 4.69) is 29.0 Å². The summed E-state index contributed by atoms with van der Waals surface area (Å²) in [7, 11) is 0. The quantitative estimate of drug-likeness (QED) is 0.678. The molecule has 2 aromatic rings. The fourth-order valence-corrected chi connectivity index (χ4v) is 3.19. The Morgan fingerprint density at radius 3 is 2.74 bits per heavy atom. The van der Waals surface area contributed by atoms with Gasteiger partial charge < -0.3 is 15.4 Å². The van der Waals surface area contributed by atoms with Crippen molar-refractivity contribution < 1.29 is 4.92 Å². The predicted octanol–water partition coefficient (Wildman–Crippen LogP) is 2.92. The van der Waals surface area contributed by atoms with E-state index in [4.69, 9.17) is 0 Å². The average molecular weight is 317 g/mol.